The monoisotopic (exact) mass is 591 g/mol. The lowest BCUT2D eigenvalue weighted by molar-refractivity contribution is 0.102. The van der Waals surface area contributed by atoms with E-state index in [4.69, 9.17) is 9.16 Å². The first-order valence-corrected chi connectivity index (χ1v) is 17.5. The first kappa shape index (κ1) is 29.7. The Morgan fingerprint density at radius 2 is 1.90 bits per heavy atom. The molecule has 0 aliphatic carbocycles. The summed E-state index contributed by atoms with van der Waals surface area (Å²) in [4.78, 5) is 36.6. The molecule has 0 spiro atoms. The van der Waals surface area contributed by atoms with Gasteiger partial charge < -0.3 is 18.3 Å². The molecule has 224 valence electrons. The highest BCUT2D eigenvalue weighted by Crippen LogP contribution is 2.36. The lowest BCUT2D eigenvalue weighted by atomic mass is 10.1. The number of fused-ring (bicyclic) bond motifs is 7. The Morgan fingerprint density at radius 3 is 2.67 bits per heavy atom. The van der Waals surface area contributed by atoms with Crippen molar-refractivity contribution in [3.63, 3.8) is 0 Å². The summed E-state index contributed by atoms with van der Waals surface area (Å²) in [5.74, 6) is 0.639. The van der Waals surface area contributed by atoms with Crippen molar-refractivity contribution in [3.05, 3.63) is 52.2 Å². The summed E-state index contributed by atoms with van der Waals surface area (Å²) in [7, 11) is -0.113. The fourth-order valence-corrected chi connectivity index (χ4v) is 5.92. The number of nitrogens with zero attached hydrogens (tertiary/aromatic N) is 6. The predicted octanol–water partition coefficient (Wildman–Crippen LogP) is 5.14. The predicted molar refractivity (Wildman–Crippen MR) is 166 cm³/mol. The Balaban J connectivity index is 1.49. The molecule has 1 amide bonds. The Morgan fingerprint density at radius 1 is 1.12 bits per heavy atom. The Hall–Kier alpha value is -3.77. The standard InChI is InChI=1S/C30H41N7O4Si/c1-20-17-21-18-24(32-20)22-19-31-35(5)28(22)40-15-10-8-9-12-37-25-23(33-29(37)34-26(21)38)11-13-36(27(25)39)14-16-41-42(6,7)30(2,3)4/h11,13,17-19H,8-10,12,14-16H2,1-7H3,(H,33,34,38). The number of carbonyl (C=O) groups is 1. The lowest BCUT2D eigenvalue weighted by Crippen LogP contribution is -2.41. The van der Waals surface area contributed by atoms with Crippen molar-refractivity contribution in [3.8, 4) is 17.1 Å². The molecule has 5 rings (SSSR count). The number of ether oxygens (including phenoxy) is 1. The third-order valence-electron chi connectivity index (χ3n) is 8.34. The fourth-order valence-electron chi connectivity index (χ4n) is 4.88. The first-order chi connectivity index (χ1) is 19.9. The molecule has 0 saturated carbocycles. The second-order valence-electron chi connectivity index (χ2n) is 12.5. The van der Waals surface area contributed by atoms with Gasteiger partial charge in [-0.25, -0.2) is 9.67 Å². The molecule has 0 saturated heterocycles. The van der Waals surface area contributed by atoms with Crippen molar-refractivity contribution in [2.75, 3.05) is 18.5 Å². The molecule has 0 fully saturated rings. The zero-order valence-corrected chi connectivity index (χ0v) is 26.7. The van der Waals surface area contributed by atoms with Gasteiger partial charge in [0.1, 0.15) is 5.52 Å². The van der Waals surface area contributed by atoms with E-state index in [-0.39, 0.29) is 16.5 Å². The molecule has 5 heterocycles. The third kappa shape index (κ3) is 5.91. The smallest absolute Gasteiger partial charge is 0.276 e. The van der Waals surface area contributed by atoms with E-state index in [0.717, 1.165) is 24.8 Å². The molecule has 2 bridgehead atoms. The number of nitrogens with one attached hydrogen (secondary N) is 1. The molecule has 0 radical (unpaired) electrons. The highest BCUT2D eigenvalue weighted by molar-refractivity contribution is 6.74. The van der Waals surface area contributed by atoms with Gasteiger partial charge in [0.25, 0.3) is 11.5 Å². The summed E-state index contributed by atoms with van der Waals surface area (Å²) in [6.45, 7) is 14.8. The SMILES string of the molecule is Cc1cc2cc(n1)-c1cnn(C)c1OCCCCCn1c(nc3ccn(CCO[Si](C)(C)C(C)(C)C)c(=O)c31)NC2=O. The van der Waals surface area contributed by atoms with E-state index in [2.05, 4.69) is 54.2 Å². The number of carbonyl (C=O) groups excluding carboxylic acids is 1. The number of anilines is 1. The maximum absolute atomic E-state index is 13.7. The van der Waals surface area contributed by atoms with Crippen LogP contribution in [-0.4, -0.2) is 56.3 Å². The number of aryl methyl sites for hydroxylation is 3. The molecule has 0 aromatic carbocycles. The van der Waals surface area contributed by atoms with Gasteiger partial charge in [0, 0.05) is 37.6 Å². The average Bonchev–Trinajstić information content (AvgIpc) is 3.45. The van der Waals surface area contributed by atoms with Crippen molar-refractivity contribution < 1.29 is 14.0 Å². The van der Waals surface area contributed by atoms with Crippen molar-refractivity contribution in [1.29, 1.82) is 0 Å². The summed E-state index contributed by atoms with van der Waals surface area (Å²) in [6, 6.07) is 5.30. The van der Waals surface area contributed by atoms with Crippen LogP contribution in [0.5, 0.6) is 5.88 Å². The molecule has 42 heavy (non-hydrogen) atoms. The molecule has 1 aliphatic rings. The number of imidazole rings is 1. The van der Waals surface area contributed by atoms with Crippen molar-refractivity contribution in [2.45, 2.75) is 78.2 Å². The Labute approximate surface area is 247 Å². The largest absolute Gasteiger partial charge is 0.477 e. The van der Waals surface area contributed by atoms with E-state index in [0.29, 0.717) is 66.1 Å². The summed E-state index contributed by atoms with van der Waals surface area (Å²) in [5.41, 5.74) is 3.34. The molecule has 11 nitrogen and oxygen atoms in total. The van der Waals surface area contributed by atoms with Crippen LogP contribution in [0.3, 0.4) is 0 Å². The van der Waals surface area contributed by atoms with Crippen LogP contribution >= 0.6 is 0 Å². The van der Waals surface area contributed by atoms with E-state index >= 15 is 0 Å². The van der Waals surface area contributed by atoms with E-state index in [1.807, 2.05) is 24.6 Å². The highest BCUT2D eigenvalue weighted by atomic mass is 28.4. The summed E-state index contributed by atoms with van der Waals surface area (Å²) in [5, 5.41) is 7.42. The molecule has 1 aliphatic heterocycles. The van der Waals surface area contributed by atoms with Crippen LogP contribution in [0.4, 0.5) is 5.95 Å². The molecule has 4 aromatic rings. The molecule has 12 heteroatoms. The van der Waals surface area contributed by atoms with E-state index < -0.39 is 8.32 Å². The van der Waals surface area contributed by atoms with Gasteiger partial charge in [-0.3, -0.25) is 19.9 Å². The van der Waals surface area contributed by atoms with E-state index in [1.165, 1.54) is 0 Å². The lowest BCUT2D eigenvalue weighted by Gasteiger charge is -2.36. The first-order valence-electron chi connectivity index (χ1n) is 14.5. The third-order valence-corrected chi connectivity index (χ3v) is 12.9. The van der Waals surface area contributed by atoms with Crippen LogP contribution in [0.1, 0.15) is 56.1 Å². The summed E-state index contributed by atoms with van der Waals surface area (Å²) < 4.78 is 17.7. The van der Waals surface area contributed by atoms with Crippen molar-refractivity contribution in [1.82, 2.24) is 28.9 Å². The topological polar surface area (TPSA) is 118 Å². The zero-order valence-electron chi connectivity index (χ0n) is 25.7. The van der Waals surface area contributed by atoms with Crippen molar-refractivity contribution in [2.24, 2.45) is 7.05 Å². The fraction of sp³-hybridized carbons (Fsp3) is 0.500. The van der Waals surface area contributed by atoms with Gasteiger partial charge in [-0.05, 0) is 62.5 Å². The number of aromatic nitrogens is 6. The van der Waals surface area contributed by atoms with Crippen LogP contribution < -0.4 is 15.6 Å². The number of rotatable bonds is 4. The van der Waals surface area contributed by atoms with Crippen molar-refractivity contribution >= 4 is 31.2 Å². The molecule has 4 aromatic heterocycles. The maximum atomic E-state index is 13.7. The normalized spacial score (nSPS) is 14.9. The van der Waals surface area contributed by atoms with Crippen LogP contribution in [0.25, 0.3) is 22.3 Å². The number of hydrogen-bond donors (Lipinski definition) is 1. The quantitative estimate of drug-likeness (QED) is 0.327. The average molecular weight is 592 g/mol. The highest BCUT2D eigenvalue weighted by Gasteiger charge is 2.37. The summed E-state index contributed by atoms with van der Waals surface area (Å²) >= 11 is 0. The summed E-state index contributed by atoms with van der Waals surface area (Å²) in [6.07, 6.45) is 5.94. The van der Waals surface area contributed by atoms with E-state index in [1.54, 1.807) is 33.8 Å². The Bertz CT molecular complexity index is 1680. The van der Waals surface area contributed by atoms with Gasteiger partial charge in [0.2, 0.25) is 11.8 Å². The van der Waals surface area contributed by atoms with Gasteiger partial charge in [-0.2, -0.15) is 5.10 Å². The molecular weight excluding hydrogens is 550 g/mol. The van der Waals surface area contributed by atoms with Gasteiger partial charge >= 0.3 is 0 Å². The minimum Gasteiger partial charge on any atom is -0.477 e. The molecule has 0 unspecified atom stereocenters. The number of hydrogen-bond acceptors (Lipinski definition) is 7. The molecule has 1 N–H and O–H groups in total. The Kier molecular flexibility index (Phi) is 8.12. The maximum Gasteiger partial charge on any atom is 0.276 e. The van der Waals surface area contributed by atoms with E-state index in [9.17, 15) is 9.59 Å². The van der Waals surface area contributed by atoms with Crippen LogP contribution in [0.2, 0.25) is 18.1 Å². The minimum atomic E-state index is -1.94. The molecular formula is C30H41N7O4Si. The van der Waals surface area contributed by atoms with Gasteiger partial charge in [-0.1, -0.05) is 20.8 Å². The van der Waals surface area contributed by atoms with Gasteiger partial charge in [0.15, 0.2) is 8.32 Å². The van der Waals surface area contributed by atoms with Crippen LogP contribution in [0, 0.1) is 6.92 Å². The molecule has 0 atom stereocenters. The minimum absolute atomic E-state index is 0.0893. The van der Waals surface area contributed by atoms with Gasteiger partial charge in [0.05, 0.1) is 36.2 Å². The number of amides is 1. The number of pyridine rings is 2. The van der Waals surface area contributed by atoms with Gasteiger partial charge in [-0.15, -0.1) is 0 Å². The second-order valence-corrected chi connectivity index (χ2v) is 17.3. The van der Waals surface area contributed by atoms with Crippen LogP contribution in [0.15, 0.2) is 35.4 Å². The van der Waals surface area contributed by atoms with Crippen LogP contribution in [-0.2, 0) is 24.6 Å². The zero-order chi connectivity index (χ0) is 30.2. The second kappa shape index (κ2) is 11.5.